The Bertz CT molecular complexity index is 794. The number of hydrogen-bond acceptors (Lipinski definition) is 5. The molecule has 1 heterocycles. The Kier molecular flexibility index (Phi) is 4.70. The van der Waals surface area contributed by atoms with Crippen molar-refractivity contribution in [2.24, 2.45) is 14.1 Å². The van der Waals surface area contributed by atoms with E-state index in [1.807, 2.05) is 44.4 Å². The van der Waals surface area contributed by atoms with Crippen LogP contribution in [-0.4, -0.2) is 39.9 Å². The van der Waals surface area contributed by atoms with Crippen LogP contribution in [0.2, 0.25) is 0 Å². The molecule has 23 heavy (non-hydrogen) atoms. The van der Waals surface area contributed by atoms with E-state index in [1.165, 1.54) is 14.1 Å². The molecule has 0 aliphatic rings. The van der Waals surface area contributed by atoms with Gasteiger partial charge in [-0.1, -0.05) is 30.3 Å². The summed E-state index contributed by atoms with van der Waals surface area (Å²) in [5, 5.41) is 7.13. The number of hydrogen-bond donors (Lipinski definition) is 1. The maximum Gasteiger partial charge on any atom is 0.346 e. The Balaban J connectivity index is 2.35. The molecule has 0 aliphatic carbocycles. The third kappa shape index (κ3) is 3.19. The summed E-state index contributed by atoms with van der Waals surface area (Å²) in [5.74, 6) is 0.165. The molecule has 7 heteroatoms. The molecule has 1 unspecified atom stereocenters. The monoisotopic (exact) mass is 317 g/mol. The molecule has 1 aromatic carbocycles. The average molecular weight is 317 g/mol. The van der Waals surface area contributed by atoms with E-state index < -0.39 is 11.2 Å². The van der Waals surface area contributed by atoms with Crippen LogP contribution in [0, 0.1) is 0 Å². The second kappa shape index (κ2) is 6.37. The Morgan fingerprint density at radius 3 is 2.35 bits per heavy atom. The highest BCUT2D eigenvalue weighted by molar-refractivity contribution is 5.33. The van der Waals surface area contributed by atoms with Gasteiger partial charge in [-0.05, 0) is 26.6 Å². The molecule has 1 atom stereocenters. The van der Waals surface area contributed by atoms with Gasteiger partial charge in [-0.15, -0.1) is 5.10 Å². The fourth-order valence-electron chi connectivity index (χ4n) is 2.38. The fraction of sp³-hybridized carbons (Fsp3) is 0.438. The van der Waals surface area contributed by atoms with Crippen LogP contribution in [0.5, 0.6) is 0 Å². The van der Waals surface area contributed by atoms with E-state index in [0.717, 1.165) is 14.8 Å². The summed E-state index contributed by atoms with van der Waals surface area (Å²) in [4.78, 5) is 26.0. The van der Waals surface area contributed by atoms with Crippen LogP contribution in [0.25, 0.3) is 0 Å². The number of nitrogens with zero attached hydrogens (tertiary/aromatic N) is 4. The minimum absolute atomic E-state index is 0.165. The van der Waals surface area contributed by atoms with Crippen LogP contribution in [0.3, 0.4) is 0 Å². The Hall–Kier alpha value is -2.41. The van der Waals surface area contributed by atoms with E-state index in [-0.39, 0.29) is 11.4 Å². The smallest absolute Gasteiger partial charge is 0.346 e. The van der Waals surface area contributed by atoms with E-state index in [9.17, 15) is 9.59 Å². The number of aromatic nitrogens is 3. The molecular formula is C16H23N5O2. The number of likely N-dealkylation sites (N-methyl/N-ethyl adjacent to an activating group) is 1. The van der Waals surface area contributed by atoms with Crippen LogP contribution in [0.15, 0.2) is 39.9 Å². The second-order valence-corrected chi connectivity index (χ2v) is 6.01. The van der Waals surface area contributed by atoms with Gasteiger partial charge < -0.3 is 5.32 Å². The normalized spacial score (nSPS) is 13.8. The first-order valence-corrected chi connectivity index (χ1v) is 7.38. The van der Waals surface area contributed by atoms with E-state index in [0.29, 0.717) is 6.54 Å². The predicted molar refractivity (Wildman–Crippen MR) is 90.7 cm³/mol. The summed E-state index contributed by atoms with van der Waals surface area (Å²) in [6.07, 6.45) is 0. The Morgan fingerprint density at radius 2 is 1.78 bits per heavy atom. The largest absolute Gasteiger partial charge is 0.362 e. The van der Waals surface area contributed by atoms with Gasteiger partial charge in [0.15, 0.2) is 0 Å². The van der Waals surface area contributed by atoms with Crippen molar-refractivity contribution in [3.8, 4) is 0 Å². The third-order valence-electron chi connectivity index (χ3n) is 4.30. The summed E-state index contributed by atoms with van der Waals surface area (Å²) in [7, 11) is 6.94. The predicted octanol–water partition coefficient (Wildman–Crippen LogP) is 0.368. The highest BCUT2D eigenvalue weighted by Crippen LogP contribution is 2.25. The summed E-state index contributed by atoms with van der Waals surface area (Å²) < 4.78 is 2.20. The van der Waals surface area contributed by atoms with Crippen molar-refractivity contribution in [3.05, 3.63) is 56.7 Å². The Morgan fingerprint density at radius 1 is 1.17 bits per heavy atom. The number of nitrogens with one attached hydrogen (secondary N) is 1. The fourth-order valence-corrected chi connectivity index (χ4v) is 2.38. The molecule has 0 amide bonds. The van der Waals surface area contributed by atoms with E-state index in [2.05, 4.69) is 22.2 Å². The molecule has 0 fully saturated rings. The molecule has 0 aliphatic heterocycles. The molecule has 2 rings (SSSR count). The maximum absolute atomic E-state index is 12.2. The summed E-state index contributed by atoms with van der Waals surface area (Å²) >= 11 is 0. The van der Waals surface area contributed by atoms with Crippen molar-refractivity contribution < 1.29 is 0 Å². The molecule has 0 bridgehead atoms. The number of aryl methyl sites for hydroxylation is 1. The molecule has 0 radical (unpaired) electrons. The van der Waals surface area contributed by atoms with Crippen LogP contribution in [0.1, 0.15) is 12.5 Å². The van der Waals surface area contributed by atoms with Crippen molar-refractivity contribution in [1.29, 1.82) is 0 Å². The van der Waals surface area contributed by atoms with Crippen molar-refractivity contribution in [1.82, 2.24) is 19.2 Å². The molecule has 124 valence electrons. The molecule has 7 nitrogen and oxygen atoms in total. The number of benzene rings is 1. The van der Waals surface area contributed by atoms with Gasteiger partial charge in [-0.2, -0.15) is 0 Å². The minimum Gasteiger partial charge on any atom is -0.362 e. The second-order valence-electron chi connectivity index (χ2n) is 6.01. The van der Waals surface area contributed by atoms with E-state index in [4.69, 9.17) is 0 Å². The molecule has 2 aromatic rings. The summed E-state index contributed by atoms with van der Waals surface area (Å²) in [5.41, 5.74) is -0.0803. The first-order chi connectivity index (χ1) is 10.8. The van der Waals surface area contributed by atoms with E-state index in [1.54, 1.807) is 0 Å². The topological polar surface area (TPSA) is 72.2 Å². The quantitative estimate of drug-likeness (QED) is 0.862. The van der Waals surface area contributed by atoms with Crippen molar-refractivity contribution in [2.75, 3.05) is 26.0 Å². The zero-order valence-electron chi connectivity index (χ0n) is 14.2. The maximum atomic E-state index is 12.2. The average Bonchev–Trinajstić information content (AvgIpc) is 2.55. The van der Waals surface area contributed by atoms with Gasteiger partial charge in [0.1, 0.15) is 0 Å². The molecule has 0 spiro atoms. The summed E-state index contributed by atoms with van der Waals surface area (Å²) in [6, 6.07) is 10.0. The third-order valence-corrected chi connectivity index (χ3v) is 4.30. The van der Waals surface area contributed by atoms with Crippen LogP contribution in [0.4, 0.5) is 5.82 Å². The lowest BCUT2D eigenvalue weighted by Crippen LogP contribution is -2.46. The zero-order chi connectivity index (χ0) is 17.2. The molecule has 1 aromatic heterocycles. The SMILES string of the molecule is CN(C)C(C)(CNc1nn(C)c(=O)n(C)c1=O)c1ccccc1. The van der Waals surface area contributed by atoms with E-state index >= 15 is 0 Å². The van der Waals surface area contributed by atoms with Crippen molar-refractivity contribution >= 4 is 5.82 Å². The molecule has 1 N–H and O–H groups in total. The Labute approximate surface area is 135 Å². The standard InChI is InChI=1S/C16H23N5O2/c1-16(19(2)3,12-9-7-6-8-10-12)11-17-13-14(22)20(4)15(23)21(5)18-13/h6-10H,11H2,1-5H3,(H,17,18). The lowest BCUT2D eigenvalue weighted by molar-refractivity contribution is 0.188. The molecular weight excluding hydrogens is 294 g/mol. The minimum atomic E-state index is -0.445. The van der Waals surface area contributed by atoms with Crippen LogP contribution < -0.4 is 16.6 Å². The highest BCUT2D eigenvalue weighted by Gasteiger charge is 2.29. The molecule has 0 saturated carbocycles. The number of anilines is 1. The van der Waals surface area contributed by atoms with Gasteiger partial charge in [0.25, 0.3) is 5.56 Å². The van der Waals surface area contributed by atoms with Gasteiger partial charge in [-0.25, -0.2) is 9.48 Å². The van der Waals surface area contributed by atoms with Crippen LogP contribution in [-0.2, 0) is 19.6 Å². The van der Waals surface area contributed by atoms with Gasteiger partial charge >= 0.3 is 5.69 Å². The van der Waals surface area contributed by atoms with Gasteiger partial charge in [-0.3, -0.25) is 14.3 Å². The highest BCUT2D eigenvalue weighted by atomic mass is 16.2. The summed E-state index contributed by atoms with van der Waals surface area (Å²) in [6.45, 7) is 2.56. The first kappa shape index (κ1) is 17.0. The lowest BCUT2D eigenvalue weighted by Gasteiger charge is -2.37. The van der Waals surface area contributed by atoms with Crippen LogP contribution >= 0.6 is 0 Å². The van der Waals surface area contributed by atoms with Gasteiger partial charge in [0, 0.05) is 20.6 Å². The van der Waals surface area contributed by atoms with Crippen molar-refractivity contribution in [3.63, 3.8) is 0 Å². The first-order valence-electron chi connectivity index (χ1n) is 7.38. The van der Waals surface area contributed by atoms with Gasteiger partial charge in [0.2, 0.25) is 5.82 Å². The zero-order valence-corrected chi connectivity index (χ0v) is 14.2. The van der Waals surface area contributed by atoms with Crippen molar-refractivity contribution in [2.45, 2.75) is 12.5 Å². The number of rotatable bonds is 5. The molecule has 0 saturated heterocycles. The van der Waals surface area contributed by atoms with Gasteiger partial charge in [0.05, 0.1) is 5.54 Å². The lowest BCUT2D eigenvalue weighted by atomic mass is 9.90.